The van der Waals surface area contributed by atoms with E-state index in [0.717, 1.165) is 0 Å². The molecule has 1 rings (SSSR count). The first-order chi connectivity index (χ1) is 6.54. The van der Waals surface area contributed by atoms with Gasteiger partial charge in [-0.2, -0.15) is 0 Å². The lowest BCUT2D eigenvalue weighted by Gasteiger charge is -1.96. The molecule has 0 aliphatic rings. The Morgan fingerprint density at radius 1 is 1.57 bits per heavy atom. The number of nitrogens with one attached hydrogen (secondary N) is 1. The summed E-state index contributed by atoms with van der Waals surface area (Å²) in [5.74, 6) is -1.43. The van der Waals surface area contributed by atoms with E-state index >= 15 is 0 Å². The van der Waals surface area contributed by atoms with Crippen molar-refractivity contribution < 1.29 is 19.4 Å². The smallest absolute Gasteiger partial charge is 0.354 e. The number of hydrogen-bond donors (Lipinski definition) is 2. The zero-order valence-electron chi connectivity index (χ0n) is 7.96. The van der Waals surface area contributed by atoms with Gasteiger partial charge in [-0.1, -0.05) is 0 Å². The molecule has 0 aromatic carbocycles. The molecule has 0 saturated heterocycles. The number of ether oxygens (including phenoxy) is 1. The lowest BCUT2D eigenvalue weighted by Crippen LogP contribution is -2.04. The Hall–Kier alpha value is -1.78. The molecule has 5 heteroatoms. The normalized spacial score (nSPS) is 9.86. The summed E-state index contributed by atoms with van der Waals surface area (Å²) in [5, 5.41) is 8.53. The number of carboxylic acid groups (broad SMARTS) is 1. The summed E-state index contributed by atoms with van der Waals surface area (Å²) in [6, 6.07) is 1.63. The van der Waals surface area contributed by atoms with E-state index < -0.39 is 11.9 Å². The molecule has 0 amide bonds. The molecule has 1 heterocycles. The molecule has 0 atom stereocenters. The van der Waals surface area contributed by atoms with Gasteiger partial charge in [0.05, 0.1) is 13.5 Å². The molecule has 76 valence electrons. The van der Waals surface area contributed by atoms with E-state index in [1.54, 1.807) is 13.0 Å². The summed E-state index contributed by atoms with van der Waals surface area (Å²) >= 11 is 0. The predicted octanol–water partition coefficient (Wildman–Crippen LogP) is 0.737. The maximum Gasteiger partial charge on any atom is 0.354 e. The molecular formula is C9H11NO4. The van der Waals surface area contributed by atoms with Crippen LogP contribution in [0.2, 0.25) is 0 Å². The average Bonchev–Trinajstić information content (AvgIpc) is 2.44. The van der Waals surface area contributed by atoms with Crippen LogP contribution in [0.3, 0.4) is 0 Å². The second-order valence-electron chi connectivity index (χ2n) is 2.91. The molecule has 0 bridgehead atoms. The third-order valence-corrected chi connectivity index (χ3v) is 1.80. The van der Waals surface area contributed by atoms with E-state index in [1.807, 2.05) is 0 Å². The molecule has 1 aromatic rings. The van der Waals surface area contributed by atoms with Gasteiger partial charge in [-0.3, -0.25) is 4.79 Å². The van der Waals surface area contributed by atoms with E-state index in [2.05, 4.69) is 9.72 Å². The largest absolute Gasteiger partial charge is 0.481 e. The summed E-state index contributed by atoms with van der Waals surface area (Å²) < 4.78 is 4.52. The number of aromatic amines is 1. The van der Waals surface area contributed by atoms with Crippen molar-refractivity contribution in [3.8, 4) is 0 Å². The minimum Gasteiger partial charge on any atom is -0.481 e. The molecule has 1 aromatic heterocycles. The molecule has 0 aliphatic heterocycles. The van der Waals surface area contributed by atoms with Crippen molar-refractivity contribution in [3.05, 3.63) is 23.0 Å². The summed E-state index contributed by atoms with van der Waals surface area (Å²) in [7, 11) is 1.28. The van der Waals surface area contributed by atoms with Gasteiger partial charge >= 0.3 is 11.9 Å². The number of aromatic nitrogens is 1. The number of rotatable bonds is 3. The molecular weight excluding hydrogens is 186 g/mol. The fourth-order valence-electron chi connectivity index (χ4n) is 1.20. The van der Waals surface area contributed by atoms with E-state index in [-0.39, 0.29) is 6.42 Å². The SMILES string of the molecule is COC(=O)c1[nH]c(CC(=O)O)cc1C. The highest BCUT2D eigenvalue weighted by Crippen LogP contribution is 2.11. The van der Waals surface area contributed by atoms with Crippen LogP contribution in [0.15, 0.2) is 6.07 Å². The highest BCUT2D eigenvalue weighted by Gasteiger charge is 2.13. The van der Waals surface area contributed by atoms with Crippen LogP contribution in [0.4, 0.5) is 0 Å². The van der Waals surface area contributed by atoms with Gasteiger partial charge < -0.3 is 14.8 Å². The Morgan fingerprint density at radius 2 is 2.21 bits per heavy atom. The van der Waals surface area contributed by atoms with Gasteiger partial charge in [-0.15, -0.1) is 0 Å². The molecule has 0 radical (unpaired) electrons. The van der Waals surface area contributed by atoms with Crippen molar-refractivity contribution in [1.29, 1.82) is 0 Å². The molecule has 0 aliphatic carbocycles. The predicted molar refractivity (Wildman–Crippen MR) is 48.2 cm³/mol. The van der Waals surface area contributed by atoms with Crippen molar-refractivity contribution in [3.63, 3.8) is 0 Å². The number of H-pyrrole nitrogens is 1. The first-order valence-electron chi connectivity index (χ1n) is 4.03. The zero-order chi connectivity index (χ0) is 10.7. The monoisotopic (exact) mass is 197 g/mol. The number of methoxy groups -OCH3 is 1. The fraction of sp³-hybridized carbons (Fsp3) is 0.333. The maximum atomic E-state index is 11.1. The number of carbonyl (C=O) groups excluding carboxylic acids is 1. The highest BCUT2D eigenvalue weighted by atomic mass is 16.5. The number of esters is 1. The number of hydrogen-bond acceptors (Lipinski definition) is 3. The lowest BCUT2D eigenvalue weighted by molar-refractivity contribution is -0.136. The number of aliphatic carboxylic acids is 1. The van der Waals surface area contributed by atoms with E-state index in [4.69, 9.17) is 5.11 Å². The summed E-state index contributed by atoms with van der Waals surface area (Å²) in [5.41, 5.74) is 1.49. The van der Waals surface area contributed by atoms with Gasteiger partial charge in [0.25, 0.3) is 0 Å². The molecule has 0 spiro atoms. The molecule has 14 heavy (non-hydrogen) atoms. The molecule has 5 nitrogen and oxygen atoms in total. The second kappa shape index (κ2) is 3.95. The van der Waals surface area contributed by atoms with Gasteiger partial charge in [0.2, 0.25) is 0 Å². The third kappa shape index (κ3) is 2.12. The Balaban J connectivity index is 2.93. The van der Waals surface area contributed by atoms with Gasteiger partial charge in [0, 0.05) is 5.69 Å². The van der Waals surface area contributed by atoms with Crippen LogP contribution in [0.25, 0.3) is 0 Å². The van der Waals surface area contributed by atoms with Crippen LogP contribution in [0.5, 0.6) is 0 Å². The van der Waals surface area contributed by atoms with Crippen molar-refractivity contribution >= 4 is 11.9 Å². The zero-order valence-corrected chi connectivity index (χ0v) is 7.96. The minimum atomic E-state index is -0.942. The van der Waals surface area contributed by atoms with Crippen molar-refractivity contribution in [2.45, 2.75) is 13.3 Å². The Morgan fingerprint density at radius 3 is 2.71 bits per heavy atom. The number of carbonyl (C=O) groups is 2. The molecule has 0 saturated carbocycles. The van der Waals surface area contributed by atoms with Gasteiger partial charge in [0.1, 0.15) is 5.69 Å². The minimum absolute atomic E-state index is 0.127. The second-order valence-corrected chi connectivity index (χ2v) is 2.91. The van der Waals surface area contributed by atoms with Gasteiger partial charge in [0.15, 0.2) is 0 Å². The summed E-state index contributed by atoms with van der Waals surface area (Å²) in [4.78, 5) is 24.2. The van der Waals surface area contributed by atoms with Crippen molar-refractivity contribution in [2.24, 2.45) is 0 Å². The Kier molecular flexibility index (Phi) is 2.91. The van der Waals surface area contributed by atoms with Crippen LogP contribution < -0.4 is 0 Å². The van der Waals surface area contributed by atoms with E-state index in [1.165, 1.54) is 7.11 Å². The van der Waals surface area contributed by atoms with E-state index in [0.29, 0.717) is 17.0 Å². The van der Waals surface area contributed by atoms with Gasteiger partial charge in [-0.05, 0) is 18.6 Å². The fourth-order valence-corrected chi connectivity index (χ4v) is 1.20. The first-order valence-corrected chi connectivity index (χ1v) is 4.03. The van der Waals surface area contributed by atoms with Crippen molar-refractivity contribution in [1.82, 2.24) is 4.98 Å². The average molecular weight is 197 g/mol. The highest BCUT2D eigenvalue weighted by molar-refractivity contribution is 5.89. The standard InChI is InChI=1S/C9H11NO4/c1-5-3-6(4-7(11)12)10-8(5)9(13)14-2/h3,10H,4H2,1-2H3,(H,11,12). The number of carboxylic acids is 1. The summed E-state index contributed by atoms with van der Waals surface area (Å²) in [6.07, 6.45) is -0.127. The third-order valence-electron chi connectivity index (χ3n) is 1.80. The summed E-state index contributed by atoms with van der Waals surface area (Å²) in [6.45, 7) is 1.72. The molecule has 2 N–H and O–H groups in total. The molecule has 0 unspecified atom stereocenters. The Labute approximate surface area is 80.7 Å². The number of aryl methyl sites for hydroxylation is 1. The van der Waals surface area contributed by atoms with Crippen LogP contribution >= 0.6 is 0 Å². The van der Waals surface area contributed by atoms with Crippen LogP contribution in [-0.2, 0) is 16.0 Å². The lowest BCUT2D eigenvalue weighted by atomic mass is 10.2. The van der Waals surface area contributed by atoms with E-state index in [9.17, 15) is 9.59 Å². The maximum absolute atomic E-state index is 11.1. The topological polar surface area (TPSA) is 79.4 Å². The first kappa shape index (κ1) is 10.3. The van der Waals surface area contributed by atoms with Crippen LogP contribution in [0, 0.1) is 6.92 Å². The van der Waals surface area contributed by atoms with Crippen LogP contribution in [0.1, 0.15) is 21.7 Å². The Bertz CT molecular complexity index is 367. The molecule has 0 fully saturated rings. The van der Waals surface area contributed by atoms with Gasteiger partial charge in [-0.25, -0.2) is 4.79 Å². The van der Waals surface area contributed by atoms with Crippen molar-refractivity contribution in [2.75, 3.05) is 7.11 Å². The quantitative estimate of drug-likeness (QED) is 0.700. The van der Waals surface area contributed by atoms with Crippen LogP contribution in [-0.4, -0.2) is 29.1 Å².